The molecule has 100 valence electrons. The van der Waals surface area contributed by atoms with Crippen LogP contribution in [0.3, 0.4) is 0 Å². The Hall–Kier alpha value is -2.61. The SMILES string of the molecule is N#Cc1cc(NCC(=O)NC2CC2)nc2ccccc12. The molecule has 0 saturated heterocycles. The molecule has 1 aliphatic rings. The summed E-state index contributed by atoms with van der Waals surface area (Å²) in [6.07, 6.45) is 2.14. The van der Waals surface area contributed by atoms with Gasteiger partial charge < -0.3 is 10.6 Å². The van der Waals surface area contributed by atoms with E-state index in [0.29, 0.717) is 17.4 Å². The van der Waals surface area contributed by atoms with Crippen LogP contribution >= 0.6 is 0 Å². The van der Waals surface area contributed by atoms with Gasteiger partial charge in [-0.2, -0.15) is 5.26 Å². The highest BCUT2D eigenvalue weighted by atomic mass is 16.2. The van der Waals surface area contributed by atoms with Gasteiger partial charge in [0, 0.05) is 11.4 Å². The molecule has 1 aliphatic carbocycles. The molecule has 1 amide bonds. The van der Waals surface area contributed by atoms with E-state index in [1.165, 1.54) is 0 Å². The topological polar surface area (TPSA) is 77.8 Å². The lowest BCUT2D eigenvalue weighted by atomic mass is 10.1. The van der Waals surface area contributed by atoms with E-state index in [2.05, 4.69) is 21.7 Å². The standard InChI is InChI=1S/C15H14N4O/c16-8-10-7-14(17-9-15(20)18-11-5-6-11)19-13-4-2-1-3-12(10)13/h1-4,7,11H,5-6,9H2,(H,17,19)(H,18,20). The number of nitrogens with zero attached hydrogens (tertiary/aromatic N) is 2. The van der Waals surface area contributed by atoms with Crippen LogP contribution in [0.1, 0.15) is 18.4 Å². The smallest absolute Gasteiger partial charge is 0.239 e. The van der Waals surface area contributed by atoms with Crippen molar-refractivity contribution >= 4 is 22.6 Å². The van der Waals surface area contributed by atoms with E-state index in [9.17, 15) is 10.1 Å². The Morgan fingerprint density at radius 3 is 2.95 bits per heavy atom. The van der Waals surface area contributed by atoms with Crippen molar-refractivity contribution in [1.29, 1.82) is 5.26 Å². The van der Waals surface area contributed by atoms with Crippen LogP contribution in [0.5, 0.6) is 0 Å². The van der Waals surface area contributed by atoms with Gasteiger partial charge in [-0.3, -0.25) is 4.79 Å². The Balaban J connectivity index is 1.77. The zero-order chi connectivity index (χ0) is 13.9. The zero-order valence-corrected chi connectivity index (χ0v) is 10.9. The molecule has 0 spiro atoms. The quantitative estimate of drug-likeness (QED) is 0.884. The summed E-state index contributed by atoms with van der Waals surface area (Å²) in [6.45, 7) is 0.173. The van der Waals surface area contributed by atoms with Crippen LogP contribution in [0, 0.1) is 11.3 Å². The van der Waals surface area contributed by atoms with E-state index in [-0.39, 0.29) is 12.5 Å². The number of rotatable bonds is 4. The average molecular weight is 266 g/mol. The first kappa shape index (κ1) is 12.4. The van der Waals surface area contributed by atoms with Crippen molar-refractivity contribution in [2.24, 2.45) is 0 Å². The second-order valence-corrected chi connectivity index (χ2v) is 4.88. The van der Waals surface area contributed by atoms with Gasteiger partial charge >= 0.3 is 0 Å². The van der Waals surface area contributed by atoms with Crippen LogP contribution in [0.4, 0.5) is 5.82 Å². The maximum absolute atomic E-state index is 11.6. The first-order chi connectivity index (χ1) is 9.76. The van der Waals surface area contributed by atoms with E-state index in [0.717, 1.165) is 23.7 Å². The van der Waals surface area contributed by atoms with Crippen LogP contribution in [0.15, 0.2) is 30.3 Å². The van der Waals surface area contributed by atoms with Crippen LogP contribution in [0.2, 0.25) is 0 Å². The van der Waals surface area contributed by atoms with E-state index >= 15 is 0 Å². The van der Waals surface area contributed by atoms with Gasteiger partial charge in [0.05, 0.1) is 23.7 Å². The largest absolute Gasteiger partial charge is 0.361 e. The molecule has 1 saturated carbocycles. The van der Waals surface area contributed by atoms with Crippen LogP contribution in [0.25, 0.3) is 10.9 Å². The molecule has 1 fully saturated rings. The monoisotopic (exact) mass is 266 g/mol. The molecule has 5 heteroatoms. The minimum atomic E-state index is -0.0408. The third-order valence-electron chi connectivity index (χ3n) is 3.21. The van der Waals surface area contributed by atoms with Gasteiger partial charge in [-0.1, -0.05) is 18.2 Å². The number of carbonyl (C=O) groups is 1. The fourth-order valence-corrected chi connectivity index (χ4v) is 2.04. The highest BCUT2D eigenvalue weighted by molar-refractivity contribution is 5.87. The number of pyridine rings is 1. The number of hydrogen-bond donors (Lipinski definition) is 2. The molecule has 0 unspecified atom stereocenters. The van der Waals surface area contributed by atoms with E-state index in [1.807, 2.05) is 24.3 Å². The second-order valence-electron chi connectivity index (χ2n) is 4.88. The molecule has 5 nitrogen and oxygen atoms in total. The highest BCUT2D eigenvalue weighted by Gasteiger charge is 2.22. The number of fused-ring (bicyclic) bond motifs is 1. The van der Waals surface area contributed by atoms with Crippen molar-refractivity contribution in [2.75, 3.05) is 11.9 Å². The Bertz CT molecular complexity index is 701. The lowest BCUT2D eigenvalue weighted by Gasteiger charge is -2.08. The number of benzene rings is 1. The number of nitriles is 1. The summed E-state index contributed by atoms with van der Waals surface area (Å²) in [5, 5.41) is 15.9. The first-order valence-corrected chi connectivity index (χ1v) is 6.59. The molecule has 20 heavy (non-hydrogen) atoms. The number of nitrogens with one attached hydrogen (secondary N) is 2. The van der Waals surface area contributed by atoms with E-state index < -0.39 is 0 Å². The van der Waals surface area contributed by atoms with Crippen molar-refractivity contribution < 1.29 is 4.79 Å². The number of aromatic nitrogens is 1. The predicted octanol–water partition coefficient (Wildman–Crippen LogP) is 1.80. The third kappa shape index (κ3) is 2.69. The predicted molar refractivity (Wildman–Crippen MR) is 76.1 cm³/mol. The number of hydrogen-bond acceptors (Lipinski definition) is 4. The molecule has 1 aromatic carbocycles. The maximum atomic E-state index is 11.6. The Labute approximate surface area is 116 Å². The molecule has 0 atom stereocenters. The summed E-state index contributed by atoms with van der Waals surface area (Å²) in [7, 11) is 0. The fourth-order valence-electron chi connectivity index (χ4n) is 2.04. The van der Waals surface area contributed by atoms with Gasteiger partial charge in [0.15, 0.2) is 0 Å². The number of carbonyl (C=O) groups excluding carboxylic acids is 1. The molecule has 1 aromatic heterocycles. The van der Waals surface area contributed by atoms with Gasteiger partial charge in [-0.25, -0.2) is 4.98 Å². The van der Waals surface area contributed by atoms with Crippen molar-refractivity contribution in [3.05, 3.63) is 35.9 Å². The first-order valence-electron chi connectivity index (χ1n) is 6.59. The summed E-state index contributed by atoms with van der Waals surface area (Å²) in [6, 6.07) is 11.7. The molecule has 2 aromatic rings. The summed E-state index contributed by atoms with van der Waals surface area (Å²) in [5.41, 5.74) is 1.30. The normalized spacial score (nSPS) is 13.8. The van der Waals surface area contributed by atoms with Crippen molar-refractivity contribution in [3.8, 4) is 6.07 Å². The molecule has 2 N–H and O–H groups in total. The molecular formula is C15H14N4O. The maximum Gasteiger partial charge on any atom is 0.239 e. The van der Waals surface area contributed by atoms with E-state index in [1.54, 1.807) is 6.07 Å². The minimum absolute atomic E-state index is 0.0408. The van der Waals surface area contributed by atoms with Gasteiger partial charge in [-0.15, -0.1) is 0 Å². The van der Waals surface area contributed by atoms with Crippen LogP contribution in [-0.2, 0) is 4.79 Å². The van der Waals surface area contributed by atoms with Crippen LogP contribution < -0.4 is 10.6 Å². The second kappa shape index (κ2) is 5.17. The summed E-state index contributed by atoms with van der Waals surface area (Å²) >= 11 is 0. The lowest BCUT2D eigenvalue weighted by Crippen LogP contribution is -2.31. The Kier molecular flexibility index (Phi) is 3.21. The summed E-state index contributed by atoms with van der Waals surface area (Å²) in [5.74, 6) is 0.507. The van der Waals surface area contributed by atoms with E-state index in [4.69, 9.17) is 0 Å². The molecular weight excluding hydrogens is 252 g/mol. The van der Waals surface area contributed by atoms with Gasteiger partial charge in [0.1, 0.15) is 5.82 Å². The molecule has 0 aliphatic heterocycles. The Morgan fingerprint density at radius 1 is 1.40 bits per heavy atom. The fraction of sp³-hybridized carbons (Fsp3) is 0.267. The summed E-state index contributed by atoms with van der Waals surface area (Å²) < 4.78 is 0. The Morgan fingerprint density at radius 2 is 2.20 bits per heavy atom. The van der Waals surface area contributed by atoms with Crippen LogP contribution in [-0.4, -0.2) is 23.5 Å². The van der Waals surface area contributed by atoms with Gasteiger partial charge in [0.2, 0.25) is 5.91 Å². The summed E-state index contributed by atoms with van der Waals surface area (Å²) in [4.78, 5) is 16.0. The van der Waals surface area contributed by atoms with Crippen molar-refractivity contribution in [3.63, 3.8) is 0 Å². The number of amides is 1. The molecule has 3 rings (SSSR count). The number of anilines is 1. The molecule has 0 radical (unpaired) electrons. The number of para-hydroxylation sites is 1. The molecule has 1 heterocycles. The molecule has 0 bridgehead atoms. The van der Waals surface area contributed by atoms with Gasteiger partial charge in [-0.05, 0) is 25.0 Å². The average Bonchev–Trinajstić information content (AvgIpc) is 3.28. The lowest BCUT2D eigenvalue weighted by molar-refractivity contribution is -0.119. The third-order valence-corrected chi connectivity index (χ3v) is 3.21. The van der Waals surface area contributed by atoms with Crippen molar-refractivity contribution in [2.45, 2.75) is 18.9 Å². The highest BCUT2D eigenvalue weighted by Crippen LogP contribution is 2.20. The van der Waals surface area contributed by atoms with Gasteiger partial charge in [0.25, 0.3) is 0 Å². The minimum Gasteiger partial charge on any atom is -0.361 e. The van der Waals surface area contributed by atoms with Crippen molar-refractivity contribution in [1.82, 2.24) is 10.3 Å². The zero-order valence-electron chi connectivity index (χ0n) is 10.9.